The van der Waals surface area contributed by atoms with Crippen molar-refractivity contribution in [1.82, 2.24) is 0 Å². The number of oxime groups is 1. The minimum absolute atomic E-state index is 0.399. The molecule has 94 valence electrons. The molecule has 0 saturated heterocycles. The SMILES string of the molecule is CC(=NOCc1ccc(C#N)cc1)c1ccccc1. The van der Waals surface area contributed by atoms with Gasteiger partial charge in [-0.2, -0.15) is 5.26 Å². The molecule has 0 radical (unpaired) electrons. The number of benzene rings is 2. The summed E-state index contributed by atoms with van der Waals surface area (Å²) in [6.07, 6.45) is 0. The van der Waals surface area contributed by atoms with Gasteiger partial charge in [0.2, 0.25) is 0 Å². The Kier molecular flexibility index (Phi) is 4.30. The predicted octanol–water partition coefficient (Wildman–Crippen LogP) is 3.50. The highest BCUT2D eigenvalue weighted by Crippen LogP contribution is 2.06. The Balaban J connectivity index is 1.94. The molecule has 3 nitrogen and oxygen atoms in total. The van der Waals surface area contributed by atoms with Crippen LogP contribution in [-0.2, 0) is 11.4 Å². The molecule has 2 rings (SSSR count). The second-order valence-electron chi connectivity index (χ2n) is 4.12. The average molecular weight is 250 g/mol. The number of nitriles is 1. The van der Waals surface area contributed by atoms with Crippen molar-refractivity contribution in [2.75, 3.05) is 0 Å². The van der Waals surface area contributed by atoms with Crippen molar-refractivity contribution in [3.05, 3.63) is 71.3 Å². The molecule has 0 aliphatic carbocycles. The minimum Gasteiger partial charge on any atom is -0.391 e. The van der Waals surface area contributed by atoms with Gasteiger partial charge in [-0.3, -0.25) is 0 Å². The van der Waals surface area contributed by atoms with Gasteiger partial charge in [0.05, 0.1) is 17.3 Å². The third kappa shape index (κ3) is 3.68. The molecule has 0 unspecified atom stereocenters. The molecule has 19 heavy (non-hydrogen) atoms. The van der Waals surface area contributed by atoms with E-state index in [9.17, 15) is 0 Å². The van der Waals surface area contributed by atoms with Gasteiger partial charge in [0.15, 0.2) is 0 Å². The van der Waals surface area contributed by atoms with Crippen LogP contribution in [0.1, 0.15) is 23.6 Å². The zero-order valence-electron chi connectivity index (χ0n) is 10.7. The Labute approximate surface area is 112 Å². The topological polar surface area (TPSA) is 45.4 Å². The van der Waals surface area contributed by atoms with Gasteiger partial charge in [0.25, 0.3) is 0 Å². The highest BCUT2D eigenvalue weighted by molar-refractivity contribution is 5.98. The van der Waals surface area contributed by atoms with Crippen molar-refractivity contribution in [3.63, 3.8) is 0 Å². The molecule has 0 N–H and O–H groups in total. The van der Waals surface area contributed by atoms with Crippen LogP contribution in [0.4, 0.5) is 0 Å². The standard InChI is InChI=1S/C16H14N2O/c1-13(16-5-3-2-4-6-16)18-19-12-15-9-7-14(11-17)8-10-15/h2-10H,12H2,1H3. The Morgan fingerprint density at radius 3 is 2.42 bits per heavy atom. The summed E-state index contributed by atoms with van der Waals surface area (Å²) in [6, 6.07) is 19.2. The summed E-state index contributed by atoms with van der Waals surface area (Å²) in [7, 11) is 0. The molecule has 0 saturated carbocycles. The van der Waals surface area contributed by atoms with E-state index in [0.29, 0.717) is 12.2 Å². The molecule has 3 heteroatoms. The summed E-state index contributed by atoms with van der Waals surface area (Å²) < 4.78 is 0. The van der Waals surface area contributed by atoms with E-state index in [1.807, 2.05) is 49.4 Å². The lowest BCUT2D eigenvalue weighted by atomic mass is 10.1. The average Bonchev–Trinajstić information content (AvgIpc) is 2.49. The Hall–Kier alpha value is -2.60. The van der Waals surface area contributed by atoms with Gasteiger partial charge in [-0.05, 0) is 30.2 Å². The van der Waals surface area contributed by atoms with E-state index >= 15 is 0 Å². The summed E-state index contributed by atoms with van der Waals surface area (Å²) in [5.74, 6) is 0. The van der Waals surface area contributed by atoms with Crippen LogP contribution in [-0.4, -0.2) is 5.71 Å². The molecule has 0 fully saturated rings. The van der Waals surface area contributed by atoms with Crippen molar-refractivity contribution in [1.29, 1.82) is 5.26 Å². The van der Waals surface area contributed by atoms with Crippen LogP contribution in [0, 0.1) is 11.3 Å². The highest BCUT2D eigenvalue weighted by Gasteiger charge is 1.97. The molecule has 0 aliphatic heterocycles. The van der Waals surface area contributed by atoms with Crippen molar-refractivity contribution in [2.24, 2.45) is 5.16 Å². The molecule has 0 heterocycles. The first-order chi connectivity index (χ1) is 9.29. The first kappa shape index (κ1) is 12.8. The van der Waals surface area contributed by atoms with Gasteiger partial charge < -0.3 is 4.84 Å². The zero-order chi connectivity index (χ0) is 13.5. The third-order valence-corrected chi connectivity index (χ3v) is 2.71. The van der Waals surface area contributed by atoms with E-state index in [2.05, 4.69) is 11.2 Å². The van der Waals surface area contributed by atoms with Gasteiger partial charge in [-0.25, -0.2) is 0 Å². The number of hydrogen-bond donors (Lipinski definition) is 0. The Morgan fingerprint density at radius 2 is 1.79 bits per heavy atom. The molecule has 0 aliphatic rings. The summed E-state index contributed by atoms with van der Waals surface area (Å²) in [5, 5.41) is 12.8. The summed E-state index contributed by atoms with van der Waals surface area (Å²) in [5.41, 5.74) is 3.52. The van der Waals surface area contributed by atoms with Crippen LogP contribution >= 0.6 is 0 Å². The summed E-state index contributed by atoms with van der Waals surface area (Å²) in [6.45, 7) is 2.31. The van der Waals surface area contributed by atoms with Crippen molar-refractivity contribution in [3.8, 4) is 6.07 Å². The third-order valence-electron chi connectivity index (χ3n) is 2.71. The first-order valence-electron chi connectivity index (χ1n) is 6.00. The van der Waals surface area contributed by atoms with Gasteiger partial charge in [-0.1, -0.05) is 47.6 Å². The van der Waals surface area contributed by atoms with Crippen LogP contribution in [0.2, 0.25) is 0 Å². The second-order valence-corrected chi connectivity index (χ2v) is 4.12. The summed E-state index contributed by atoms with van der Waals surface area (Å²) in [4.78, 5) is 5.31. The van der Waals surface area contributed by atoms with Crippen molar-refractivity contribution >= 4 is 5.71 Å². The maximum Gasteiger partial charge on any atom is 0.142 e. The molecular formula is C16H14N2O. The van der Waals surface area contributed by atoms with E-state index < -0.39 is 0 Å². The molecule has 2 aromatic rings. The van der Waals surface area contributed by atoms with E-state index in [1.165, 1.54) is 0 Å². The highest BCUT2D eigenvalue weighted by atomic mass is 16.6. The van der Waals surface area contributed by atoms with Crippen molar-refractivity contribution in [2.45, 2.75) is 13.5 Å². The lowest BCUT2D eigenvalue weighted by molar-refractivity contribution is 0.130. The minimum atomic E-state index is 0.399. The monoisotopic (exact) mass is 250 g/mol. The molecule has 0 amide bonds. The predicted molar refractivity (Wildman–Crippen MR) is 74.6 cm³/mol. The van der Waals surface area contributed by atoms with Gasteiger partial charge in [0, 0.05) is 0 Å². The fourth-order valence-electron chi connectivity index (χ4n) is 1.61. The van der Waals surface area contributed by atoms with Crippen molar-refractivity contribution < 1.29 is 4.84 Å². The largest absolute Gasteiger partial charge is 0.391 e. The lowest BCUT2D eigenvalue weighted by Crippen LogP contribution is -1.96. The zero-order valence-corrected chi connectivity index (χ0v) is 10.7. The molecule has 2 aromatic carbocycles. The normalized spacial score (nSPS) is 10.8. The first-order valence-corrected chi connectivity index (χ1v) is 6.00. The quantitative estimate of drug-likeness (QED) is 0.615. The molecule has 0 atom stereocenters. The van der Waals surface area contributed by atoms with Crippen LogP contribution < -0.4 is 0 Å². The van der Waals surface area contributed by atoms with Gasteiger partial charge in [0.1, 0.15) is 6.61 Å². The van der Waals surface area contributed by atoms with Gasteiger partial charge in [-0.15, -0.1) is 0 Å². The Bertz CT molecular complexity index is 595. The number of hydrogen-bond acceptors (Lipinski definition) is 3. The maximum atomic E-state index is 8.70. The fourth-order valence-corrected chi connectivity index (χ4v) is 1.61. The summed E-state index contributed by atoms with van der Waals surface area (Å²) >= 11 is 0. The second kappa shape index (κ2) is 6.36. The number of nitrogens with zero attached hydrogens (tertiary/aromatic N) is 2. The molecule has 0 spiro atoms. The number of rotatable bonds is 4. The van der Waals surface area contributed by atoms with E-state index in [-0.39, 0.29) is 0 Å². The molecule has 0 bridgehead atoms. The molecule has 0 aromatic heterocycles. The van der Waals surface area contributed by atoms with E-state index in [4.69, 9.17) is 10.1 Å². The fraction of sp³-hybridized carbons (Fsp3) is 0.125. The van der Waals surface area contributed by atoms with Gasteiger partial charge >= 0.3 is 0 Å². The Morgan fingerprint density at radius 1 is 1.11 bits per heavy atom. The van der Waals surface area contributed by atoms with Crippen LogP contribution in [0.5, 0.6) is 0 Å². The van der Waals surface area contributed by atoms with E-state index in [0.717, 1.165) is 16.8 Å². The smallest absolute Gasteiger partial charge is 0.142 e. The van der Waals surface area contributed by atoms with Crippen LogP contribution in [0.25, 0.3) is 0 Å². The van der Waals surface area contributed by atoms with Crippen LogP contribution in [0.15, 0.2) is 59.8 Å². The van der Waals surface area contributed by atoms with E-state index in [1.54, 1.807) is 12.1 Å². The van der Waals surface area contributed by atoms with Crippen LogP contribution in [0.3, 0.4) is 0 Å². The lowest BCUT2D eigenvalue weighted by Gasteiger charge is -2.02. The molecular weight excluding hydrogens is 236 g/mol. The maximum absolute atomic E-state index is 8.70.